The van der Waals surface area contributed by atoms with Gasteiger partial charge in [-0.1, -0.05) is 10.3 Å². The normalized spacial score (nSPS) is 8.00. The van der Waals surface area contributed by atoms with Crippen molar-refractivity contribution >= 4 is 11.3 Å². The van der Waals surface area contributed by atoms with Crippen LogP contribution in [0.25, 0.3) is 0 Å². The first-order valence-corrected chi connectivity index (χ1v) is 10.0. The number of hydrogen-bond donors (Lipinski definition) is 2. The van der Waals surface area contributed by atoms with E-state index in [1.165, 1.54) is 57.1 Å². The molecule has 0 aliphatic heterocycles. The van der Waals surface area contributed by atoms with Gasteiger partial charge < -0.3 is 22.9 Å². The molecule has 7 rings (SSSR count). The Kier molecular flexibility index (Phi) is 19.8. The number of nitrogens with one attached hydrogen (secondary N) is 2. The maximum absolute atomic E-state index is 4.47. The highest BCUT2D eigenvalue weighted by atomic mass is 32.1. The maximum Gasteiger partial charge on any atom is 0.213 e. The van der Waals surface area contributed by atoms with Crippen LogP contribution in [-0.4, -0.2) is 60.6 Å². The Morgan fingerprint density at radius 3 is 1.80 bits per heavy atom. The van der Waals surface area contributed by atoms with Crippen molar-refractivity contribution in [2.75, 3.05) is 0 Å². The number of aromatic nitrogens is 12. The van der Waals surface area contributed by atoms with Crippen molar-refractivity contribution in [1.29, 1.82) is 0 Å². The molecule has 17 heteroatoms. The fourth-order valence-corrected chi connectivity index (χ4v) is 1.53. The number of oxazole rings is 1. The second-order valence-electron chi connectivity index (χ2n) is 4.61. The van der Waals surface area contributed by atoms with Crippen molar-refractivity contribution in [3.63, 3.8) is 0 Å². The Labute approximate surface area is 201 Å². The first-order valence-electron chi connectivity index (χ1n) is 9.08. The number of nitrogens with zero attached hydrogens (tertiary/aromatic N) is 10. The smallest absolute Gasteiger partial charge is 0.213 e. The quantitative estimate of drug-likeness (QED) is 0.306. The average Bonchev–Trinajstić information content (AvgIpc) is 3.81. The average molecular weight is 501 g/mol. The lowest BCUT2D eigenvalue weighted by Gasteiger charge is -1.48. The Morgan fingerprint density at radius 1 is 0.657 bits per heavy atom. The second kappa shape index (κ2) is 24.9. The van der Waals surface area contributed by atoms with Crippen molar-refractivity contribution in [3.05, 3.63) is 111 Å². The number of hydrogen-bond acceptors (Lipinski definition) is 15. The number of H-pyrrole nitrogens is 2. The molecule has 0 spiro atoms. The van der Waals surface area contributed by atoms with Gasteiger partial charge >= 0.3 is 0 Å². The third-order valence-corrected chi connectivity index (χ3v) is 2.87. The van der Waals surface area contributed by atoms with Crippen LogP contribution in [0.2, 0.25) is 0 Å². The lowest BCUT2D eigenvalue weighted by molar-refractivity contribution is 0.416. The van der Waals surface area contributed by atoms with E-state index in [-0.39, 0.29) is 0 Å². The molecule has 7 heterocycles. The van der Waals surface area contributed by atoms with Gasteiger partial charge in [-0.2, -0.15) is 5.10 Å². The highest BCUT2D eigenvalue weighted by Crippen LogP contribution is 1.86. The maximum atomic E-state index is 4.47. The van der Waals surface area contributed by atoms with E-state index in [9.17, 15) is 0 Å². The van der Waals surface area contributed by atoms with Gasteiger partial charge in [0.1, 0.15) is 25.2 Å². The lowest BCUT2D eigenvalue weighted by Crippen LogP contribution is -1.53. The fourth-order valence-electron chi connectivity index (χ4n) is 1.18. The Morgan fingerprint density at radius 2 is 1.60 bits per heavy atom. The van der Waals surface area contributed by atoms with Crippen LogP contribution in [0.15, 0.2) is 129 Å². The molecule has 35 heavy (non-hydrogen) atoms. The molecule has 0 bridgehead atoms. The van der Waals surface area contributed by atoms with Crippen LogP contribution in [0.3, 0.4) is 0 Å². The van der Waals surface area contributed by atoms with Gasteiger partial charge in [-0.15, -0.1) is 21.5 Å². The molecule has 0 aromatic carbocycles. The molecule has 0 radical (unpaired) electrons. The summed E-state index contributed by atoms with van der Waals surface area (Å²) in [5.74, 6) is 0. The zero-order chi connectivity index (χ0) is 24.7. The van der Waals surface area contributed by atoms with Crippen molar-refractivity contribution < 1.29 is 17.9 Å². The standard InChI is InChI=1S/C3H4N2.2C3H3NO.C3H3NS.C2H3N3.2C2H2N2O/c2*1-2-5-3-4-1;1-2-4-5-3-1;1-2-5-3-4-1;1-3-2-5-4-1;1-3-4-2-5-1;1-3-2-5-4-1/h1-3H,(H,4,5);3*1-3H;1-2H,(H,3,4,5);2*1-2H. The molecule has 0 saturated heterocycles. The topological polar surface area (TPSA) is 213 Å². The molecule has 0 fully saturated rings. The summed E-state index contributed by atoms with van der Waals surface area (Å²) in [6, 6.07) is 1.72. The van der Waals surface area contributed by atoms with Gasteiger partial charge in [0.05, 0.1) is 24.2 Å². The molecule has 0 aliphatic rings. The third kappa shape index (κ3) is 23.2. The molecule has 0 amide bonds. The minimum absolute atomic E-state index is 1.26. The van der Waals surface area contributed by atoms with Crippen LogP contribution in [0.5, 0.6) is 0 Å². The largest absolute Gasteiger partial charge is 0.452 e. The molecule has 0 aliphatic carbocycles. The SMILES string of the molecule is c1c[nH]cn1.c1cnoc1.c1cocn1.c1cscn1.c1nc[nH]n1.c1ncon1.c1nnco1. The minimum Gasteiger partial charge on any atom is -0.452 e. The number of aromatic amines is 2. The summed E-state index contributed by atoms with van der Waals surface area (Å²) < 4.78 is 17.4. The highest BCUT2D eigenvalue weighted by Gasteiger charge is 1.62. The Bertz CT molecular complexity index is 707. The molecule has 2 N–H and O–H groups in total. The van der Waals surface area contributed by atoms with E-state index in [0.717, 1.165) is 0 Å². The van der Waals surface area contributed by atoms with Crippen molar-refractivity contribution in [2.45, 2.75) is 0 Å². The predicted molar refractivity (Wildman–Crippen MR) is 119 cm³/mol. The summed E-state index contributed by atoms with van der Waals surface area (Å²) in [6.45, 7) is 0. The van der Waals surface area contributed by atoms with E-state index in [0.29, 0.717) is 0 Å². The fraction of sp³-hybridized carbons (Fsp3) is 0. The molecule has 0 saturated carbocycles. The summed E-state index contributed by atoms with van der Waals surface area (Å²) in [5, 5.41) is 21.1. The van der Waals surface area contributed by atoms with E-state index in [2.05, 4.69) is 78.5 Å². The zero-order valence-electron chi connectivity index (χ0n) is 17.9. The summed E-state index contributed by atoms with van der Waals surface area (Å²) in [4.78, 5) is 20.7. The van der Waals surface area contributed by atoms with Gasteiger partial charge in [-0.3, -0.25) is 10.1 Å². The highest BCUT2D eigenvalue weighted by molar-refractivity contribution is 7.07. The van der Waals surface area contributed by atoms with E-state index in [1.54, 1.807) is 60.2 Å². The van der Waals surface area contributed by atoms with Gasteiger partial charge in [0.2, 0.25) is 19.2 Å². The molecule has 0 unspecified atom stereocenters. The number of rotatable bonds is 0. The zero-order valence-corrected chi connectivity index (χ0v) is 18.7. The number of imidazole rings is 1. The van der Waals surface area contributed by atoms with Gasteiger partial charge in [0, 0.05) is 24.0 Å². The molecular formula is C18H20N12O4S. The van der Waals surface area contributed by atoms with E-state index < -0.39 is 0 Å². The van der Waals surface area contributed by atoms with Crippen LogP contribution in [0.4, 0.5) is 0 Å². The van der Waals surface area contributed by atoms with E-state index in [1.807, 2.05) is 5.38 Å². The summed E-state index contributed by atoms with van der Waals surface area (Å²) in [5.41, 5.74) is 1.79. The molecular weight excluding hydrogens is 480 g/mol. The molecule has 7 aromatic rings. The van der Waals surface area contributed by atoms with E-state index >= 15 is 0 Å². The first-order chi connectivity index (χ1) is 17.5. The molecule has 182 valence electrons. The molecule has 0 atom stereocenters. The molecule has 16 nitrogen and oxygen atoms in total. The van der Waals surface area contributed by atoms with Crippen molar-refractivity contribution in [2.24, 2.45) is 0 Å². The number of thiazole rings is 1. The van der Waals surface area contributed by atoms with Gasteiger partial charge in [0.25, 0.3) is 0 Å². The first kappa shape index (κ1) is 27.7. The Balaban J connectivity index is 0.000000204. The van der Waals surface area contributed by atoms with Gasteiger partial charge in [0.15, 0.2) is 12.7 Å². The van der Waals surface area contributed by atoms with E-state index in [4.69, 9.17) is 0 Å². The molecule has 7 aromatic heterocycles. The van der Waals surface area contributed by atoms with Crippen LogP contribution < -0.4 is 0 Å². The third-order valence-electron chi connectivity index (χ3n) is 2.34. The minimum atomic E-state index is 1.26. The van der Waals surface area contributed by atoms with Gasteiger partial charge in [-0.05, 0) is 6.07 Å². The van der Waals surface area contributed by atoms with Gasteiger partial charge in [-0.25, -0.2) is 19.9 Å². The monoisotopic (exact) mass is 500 g/mol. The van der Waals surface area contributed by atoms with Crippen LogP contribution >= 0.6 is 11.3 Å². The van der Waals surface area contributed by atoms with Crippen LogP contribution in [-0.2, 0) is 0 Å². The van der Waals surface area contributed by atoms with Crippen LogP contribution in [0, 0.1) is 0 Å². The summed E-state index contributed by atoms with van der Waals surface area (Å²) in [6.07, 6.45) is 22.5. The van der Waals surface area contributed by atoms with Crippen molar-refractivity contribution in [1.82, 2.24) is 60.6 Å². The van der Waals surface area contributed by atoms with Crippen molar-refractivity contribution in [3.8, 4) is 0 Å². The second-order valence-corrected chi connectivity index (χ2v) is 5.37. The Hall–Kier alpha value is -5.32. The van der Waals surface area contributed by atoms with Crippen LogP contribution in [0.1, 0.15) is 0 Å². The summed E-state index contributed by atoms with van der Waals surface area (Å²) in [7, 11) is 0. The lowest BCUT2D eigenvalue weighted by atomic mass is 10.8. The predicted octanol–water partition coefficient (Wildman–Crippen LogP) is 2.85. The summed E-state index contributed by atoms with van der Waals surface area (Å²) >= 11 is 1.60.